The van der Waals surface area contributed by atoms with E-state index >= 15 is 0 Å². The van der Waals surface area contributed by atoms with Crippen LogP contribution in [0.3, 0.4) is 0 Å². The van der Waals surface area contributed by atoms with E-state index in [1.54, 1.807) is 11.7 Å². The van der Waals surface area contributed by atoms with E-state index in [4.69, 9.17) is 9.72 Å². The molecule has 24 heavy (non-hydrogen) atoms. The highest BCUT2D eigenvalue weighted by molar-refractivity contribution is 7.99. The Morgan fingerprint density at radius 3 is 2.58 bits per heavy atom. The lowest BCUT2D eigenvalue weighted by atomic mass is 10.1. The zero-order chi connectivity index (χ0) is 16.9. The van der Waals surface area contributed by atoms with Gasteiger partial charge in [-0.1, -0.05) is 43.0 Å². The lowest BCUT2D eigenvalue weighted by molar-refractivity contribution is 0.218. The number of benzene rings is 2. The van der Waals surface area contributed by atoms with Gasteiger partial charge in [0, 0.05) is 12.9 Å². The minimum Gasteiger partial charge on any atom is -0.384 e. The van der Waals surface area contributed by atoms with E-state index in [1.165, 1.54) is 17.3 Å². The van der Waals surface area contributed by atoms with Crippen LogP contribution in [0.1, 0.15) is 12.5 Å². The van der Waals surface area contributed by atoms with Gasteiger partial charge in [0.1, 0.15) is 0 Å². The maximum Gasteiger partial charge on any atom is 0.266 e. The van der Waals surface area contributed by atoms with Crippen LogP contribution >= 0.6 is 11.8 Å². The second kappa shape index (κ2) is 7.64. The van der Waals surface area contributed by atoms with E-state index in [-0.39, 0.29) is 5.56 Å². The Bertz CT molecular complexity index is 888. The summed E-state index contributed by atoms with van der Waals surface area (Å²) in [6, 6.07) is 15.6. The second-order valence-electron chi connectivity index (χ2n) is 5.41. The van der Waals surface area contributed by atoms with Crippen LogP contribution in [0.15, 0.2) is 58.5 Å². The van der Waals surface area contributed by atoms with Crippen molar-refractivity contribution in [2.24, 2.45) is 0 Å². The molecule has 0 radical (unpaired) electrons. The van der Waals surface area contributed by atoms with Crippen LogP contribution in [0.4, 0.5) is 0 Å². The Morgan fingerprint density at radius 2 is 1.88 bits per heavy atom. The fraction of sp³-hybridized carbons (Fsp3) is 0.263. The molecule has 1 heterocycles. The first kappa shape index (κ1) is 16.7. The monoisotopic (exact) mass is 340 g/mol. The molecule has 5 heteroatoms. The minimum atomic E-state index is -0.0373. The maximum atomic E-state index is 13.0. The highest BCUT2D eigenvalue weighted by Crippen LogP contribution is 2.21. The van der Waals surface area contributed by atoms with E-state index in [9.17, 15) is 4.79 Å². The standard InChI is InChI=1S/C19H20N2O2S/c1-3-14-8-10-15(11-9-14)21-18(22)16-6-4-5-7-17(16)20-19(21)24-13-12-23-2/h4-11H,3,12-13H2,1-2H3. The van der Waals surface area contributed by atoms with Gasteiger partial charge in [-0.25, -0.2) is 4.98 Å². The number of thioether (sulfide) groups is 1. The molecule has 0 saturated carbocycles. The molecule has 4 nitrogen and oxygen atoms in total. The summed E-state index contributed by atoms with van der Waals surface area (Å²) in [5.41, 5.74) is 2.78. The van der Waals surface area contributed by atoms with Crippen LogP contribution in [0.2, 0.25) is 0 Å². The summed E-state index contributed by atoms with van der Waals surface area (Å²) in [4.78, 5) is 17.7. The van der Waals surface area contributed by atoms with Gasteiger partial charge in [-0.15, -0.1) is 0 Å². The molecule has 1 aromatic heterocycles. The average molecular weight is 340 g/mol. The molecule has 0 bridgehead atoms. The molecule has 0 aliphatic heterocycles. The van der Waals surface area contributed by atoms with Gasteiger partial charge in [-0.2, -0.15) is 0 Å². The molecule has 3 aromatic rings. The molecule has 0 amide bonds. The summed E-state index contributed by atoms with van der Waals surface area (Å²) in [7, 11) is 1.67. The summed E-state index contributed by atoms with van der Waals surface area (Å²) in [5, 5.41) is 1.33. The van der Waals surface area contributed by atoms with Crippen LogP contribution in [0, 0.1) is 0 Å². The zero-order valence-electron chi connectivity index (χ0n) is 13.9. The molecule has 0 spiro atoms. The molecule has 0 saturated heterocycles. The molecule has 0 atom stereocenters. The summed E-state index contributed by atoms with van der Waals surface area (Å²) in [6.07, 6.45) is 0.973. The Balaban J connectivity index is 2.16. The summed E-state index contributed by atoms with van der Waals surface area (Å²) in [6.45, 7) is 2.73. The summed E-state index contributed by atoms with van der Waals surface area (Å²) >= 11 is 1.53. The number of hydrogen-bond acceptors (Lipinski definition) is 4. The van der Waals surface area contributed by atoms with Gasteiger partial charge in [0.2, 0.25) is 0 Å². The third-order valence-corrected chi connectivity index (χ3v) is 4.77. The number of aryl methyl sites for hydroxylation is 1. The topological polar surface area (TPSA) is 44.1 Å². The Labute approximate surface area is 145 Å². The first-order chi connectivity index (χ1) is 11.7. The highest BCUT2D eigenvalue weighted by Gasteiger charge is 2.13. The normalized spacial score (nSPS) is 11.1. The van der Waals surface area contributed by atoms with Crippen molar-refractivity contribution < 1.29 is 4.74 Å². The van der Waals surface area contributed by atoms with Crippen LogP contribution < -0.4 is 5.56 Å². The molecule has 0 N–H and O–H groups in total. The predicted molar refractivity (Wildman–Crippen MR) is 99.3 cm³/mol. The van der Waals surface area contributed by atoms with Crippen molar-refractivity contribution >= 4 is 22.7 Å². The molecule has 0 aliphatic rings. The zero-order valence-corrected chi connectivity index (χ0v) is 14.7. The number of methoxy groups -OCH3 is 1. The number of para-hydroxylation sites is 1. The smallest absolute Gasteiger partial charge is 0.266 e. The van der Waals surface area contributed by atoms with Gasteiger partial charge in [0.05, 0.1) is 23.2 Å². The van der Waals surface area contributed by atoms with Gasteiger partial charge in [-0.3, -0.25) is 9.36 Å². The second-order valence-corrected chi connectivity index (χ2v) is 6.48. The van der Waals surface area contributed by atoms with Gasteiger partial charge in [0.25, 0.3) is 5.56 Å². The average Bonchev–Trinajstić information content (AvgIpc) is 2.62. The van der Waals surface area contributed by atoms with Crippen molar-refractivity contribution in [3.05, 3.63) is 64.4 Å². The lowest BCUT2D eigenvalue weighted by Crippen LogP contribution is -2.22. The van der Waals surface area contributed by atoms with E-state index in [1.807, 2.05) is 36.4 Å². The number of rotatable bonds is 6. The van der Waals surface area contributed by atoms with Crippen LogP contribution in [-0.2, 0) is 11.2 Å². The molecule has 3 rings (SSSR count). The fourth-order valence-electron chi connectivity index (χ4n) is 2.53. The molecule has 0 aliphatic carbocycles. The molecule has 124 valence electrons. The van der Waals surface area contributed by atoms with Crippen molar-refractivity contribution in [1.82, 2.24) is 9.55 Å². The Hall–Kier alpha value is -2.11. The van der Waals surface area contributed by atoms with Crippen molar-refractivity contribution in [2.45, 2.75) is 18.5 Å². The molecule has 2 aromatic carbocycles. The lowest BCUT2D eigenvalue weighted by Gasteiger charge is -2.13. The van der Waals surface area contributed by atoms with Gasteiger partial charge in [0.15, 0.2) is 5.16 Å². The third-order valence-electron chi connectivity index (χ3n) is 3.87. The van der Waals surface area contributed by atoms with Crippen LogP contribution in [-0.4, -0.2) is 29.0 Å². The SMILES string of the molecule is CCc1ccc(-n2c(SCCOC)nc3ccccc3c2=O)cc1. The van der Waals surface area contributed by atoms with E-state index in [0.29, 0.717) is 17.1 Å². The van der Waals surface area contributed by atoms with Crippen molar-refractivity contribution in [3.63, 3.8) is 0 Å². The third kappa shape index (κ3) is 3.37. The quantitative estimate of drug-likeness (QED) is 0.390. The number of ether oxygens (including phenoxy) is 1. The van der Waals surface area contributed by atoms with Gasteiger partial charge >= 0.3 is 0 Å². The molecule has 0 unspecified atom stereocenters. The summed E-state index contributed by atoms with van der Waals surface area (Å²) < 4.78 is 6.82. The maximum absolute atomic E-state index is 13.0. The number of aromatic nitrogens is 2. The summed E-state index contributed by atoms with van der Waals surface area (Å²) in [5.74, 6) is 0.744. The number of fused-ring (bicyclic) bond motifs is 1. The predicted octanol–water partition coefficient (Wildman–Crippen LogP) is 3.69. The first-order valence-electron chi connectivity index (χ1n) is 7.97. The van der Waals surface area contributed by atoms with E-state index < -0.39 is 0 Å². The van der Waals surface area contributed by atoms with Gasteiger partial charge < -0.3 is 4.74 Å². The van der Waals surface area contributed by atoms with E-state index in [2.05, 4.69) is 19.1 Å². The largest absolute Gasteiger partial charge is 0.384 e. The van der Waals surface area contributed by atoms with Crippen molar-refractivity contribution in [1.29, 1.82) is 0 Å². The van der Waals surface area contributed by atoms with Crippen LogP contribution in [0.5, 0.6) is 0 Å². The van der Waals surface area contributed by atoms with Gasteiger partial charge in [-0.05, 0) is 36.2 Å². The fourth-order valence-corrected chi connectivity index (χ4v) is 3.45. The number of nitrogens with zero attached hydrogens (tertiary/aromatic N) is 2. The van der Waals surface area contributed by atoms with Crippen molar-refractivity contribution in [3.8, 4) is 5.69 Å². The van der Waals surface area contributed by atoms with Crippen LogP contribution in [0.25, 0.3) is 16.6 Å². The Kier molecular flexibility index (Phi) is 5.33. The molecular weight excluding hydrogens is 320 g/mol. The number of hydrogen-bond donors (Lipinski definition) is 0. The highest BCUT2D eigenvalue weighted by atomic mass is 32.2. The molecular formula is C19H20N2O2S. The minimum absolute atomic E-state index is 0.0373. The van der Waals surface area contributed by atoms with E-state index in [0.717, 1.165) is 23.4 Å². The molecule has 0 fully saturated rings. The van der Waals surface area contributed by atoms with Crippen molar-refractivity contribution in [2.75, 3.05) is 19.5 Å². The first-order valence-corrected chi connectivity index (χ1v) is 8.96. The Morgan fingerprint density at radius 1 is 1.12 bits per heavy atom.